The van der Waals surface area contributed by atoms with Crippen molar-refractivity contribution in [3.63, 3.8) is 0 Å². The average Bonchev–Trinajstić information content (AvgIpc) is 2.96. The Morgan fingerprint density at radius 2 is 0.375 bits per heavy atom. The molecule has 6 rings (SSSR count). The van der Waals surface area contributed by atoms with Gasteiger partial charge in [0.25, 0.3) is 0 Å². The topological polar surface area (TPSA) is 0 Å². The number of benzene rings is 2. The van der Waals surface area contributed by atoms with Crippen LogP contribution >= 0.6 is 0 Å². The third-order valence-corrected chi connectivity index (χ3v) is 52.5. The van der Waals surface area contributed by atoms with E-state index in [-0.39, 0.29) is 48.4 Å². The fraction of sp³-hybridized carbons (Fsp3) is 0.571. The van der Waals surface area contributed by atoms with E-state index >= 15 is 35.1 Å². The Labute approximate surface area is 236 Å². The minimum atomic E-state index is -3.91. The highest BCUT2D eigenvalue weighted by molar-refractivity contribution is 7.52. The Balaban J connectivity index is 2.96. The molecule has 4 aliphatic rings. The van der Waals surface area contributed by atoms with Gasteiger partial charge in [0.1, 0.15) is 0 Å². The van der Waals surface area contributed by atoms with Crippen LogP contribution in [0.15, 0.2) is 0 Å². The number of hydrogen-bond acceptors (Lipinski definition) is 0. The summed E-state index contributed by atoms with van der Waals surface area (Å²) in [7, 11) is -15.7. The molecule has 2 aromatic rings. The van der Waals surface area contributed by atoms with E-state index in [1.807, 2.05) is 0 Å². The summed E-state index contributed by atoms with van der Waals surface area (Å²) in [5.74, 6) is -11.8. The maximum Gasteiger partial charge on any atom is 0.160 e. The van der Waals surface area contributed by atoms with Gasteiger partial charge in [-0.15, -0.1) is 0 Å². The first-order valence-corrected chi connectivity index (χ1v) is 26.2. The zero-order valence-corrected chi connectivity index (χ0v) is 28.7. The Bertz CT molecular complexity index is 1040. The zero-order chi connectivity index (χ0) is 30.6. The minimum absolute atomic E-state index is 0.0000723. The van der Waals surface area contributed by atoms with Crippen LogP contribution in [0, 0.1) is 46.5 Å². The van der Waals surface area contributed by atoms with Gasteiger partial charge in [0.05, 0.1) is 30.4 Å². The van der Waals surface area contributed by atoms with Crippen LogP contribution in [0.2, 0.25) is 48.4 Å². The van der Waals surface area contributed by atoms with E-state index in [0.717, 1.165) is 0 Å². The lowest BCUT2D eigenvalue weighted by molar-refractivity contribution is 0.469. The molecule has 0 saturated carbocycles. The summed E-state index contributed by atoms with van der Waals surface area (Å²) < 4.78 is 132. The normalized spacial score (nSPS) is 18.6. The van der Waals surface area contributed by atoms with Crippen LogP contribution in [0.3, 0.4) is 0 Å². The highest BCUT2D eigenvalue weighted by Gasteiger charge is 2.63. The maximum absolute atomic E-state index is 16.6. The van der Waals surface area contributed by atoms with E-state index in [1.54, 1.807) is 55.4 Å². The molecule has 0 atom stereocenters. The lowest BCUT2D eigenvalue weighted by Crippen LogP contribution is -2.81. The molecular formula is C28H40F8Si4. The molecule has 0 spiro atoms. The largest absolute Gasteiger partial charge is 0.204 e. The summed E-state index contributed by atoms with van der Waals surface area (Å²) in [6, 6.07) is 0.000579. The zero-order valence-electron chi connectivity index (χ0n) is 24.7. The highest BCUT2D eigenvalue weighted by atomic mass is 29.3. The second-order valence-corrected chi connectivity index (χ2v) is 39.0. The van der Waals surface area contributed by atoms with Crippen molar-refractivity contribution in [2.24, 2.45) is 0 Å². The van der Waals surface area contributed by atoms with Crippen LogP contribution in [-0.2, 0) is 0 Å². The van der Waals surface area contributed by atoms with Crippen molar-refractivity contribution >= 4 is 51.1 Å². The smallest absolute Gasteiger partial charge is 0.160 e. The van der Waals surface area contributed by atoms with Gasteiger partial charge in [-0.05, 0) is 0 Å². The van der Waals surface area contributed by atoms with Crippen LogP contribution in [0.5, 0.6) is 0 Å². The third-order valence-electron chi connectivity index (χ3n) is 11.1. The average molecular weight is 641 g/mol. The summed E-state index contributed by atoms with van der Waals surface area (Å²) in [5.41, 5.74) is 0. The fourth-order valence-corrected chi connectivity index (χ4v) is 50.0. The van der Waals surface area contributed by atoms with E-state index in [4.69, 9.17) is 0 Å². The van der Waals surface area contributed by atoms with Crippen LogP contribution < -0.4 is 20.7 Å². The SMILES string of the molecule is CC[Si]1(CC)c2c(F)c(F)c(c(F)c2F)[Si](CC)(CC)[Si](CC)(CC)c2c(F)c(F)c(c(F)c2F)[Si]1(CC)CC. The Kier molecular flexibility index (Phi) is 9.51. The number of rotatable bonds is 8. The number of halogens is 8. The Morgan fingerprint density at radius 1 is 0.275 bits per heavy atom. The summed E-state index contributed by atoms with van der Waals surface area (Å²) >= 11 is 0. The molecule has 0 unspecified atom stereocenters. The standard InChI is InChI=1S/C28H40F8Si4/c1-9-37(10-2)25-17(29)19(31)27(20(32)18(25)30)39(13-5,14-6)40(15-7,16-8)28-23(35)21(33)26(22(34)24(28)36)38(37,11-3)12-4/h9-16H2,1-8H3. The summed E-state index contributed by atoms with van der Waals surface area (Å²) in [5, 5.41) is -2.98. The molecule has 4 heterocycles. The van der Waals surface area contributed by atoms with E-state index in [1.165, 1.54) is 0 Å². The van der Waals surface area contributed by atoms with Crippen LogP contribution in [0.4, 0.5) is 35.1 Å². The van der Waals surface area contributed by atoms with E-state index < -0.39 is 97.7 Å². The van der Waals surface area contributed by atoms with Crippen molar-refractivity contribution in [2.45, 2.75) is 104 Å². The van der Waals surface area contributed by atoms with Gasteiger partial charge in [-0.25, -0.2) is 35.1 Å². The monoisotopic (exact) mass is 640 g/mol. The molecule has 4 bridgehead atoms. The molecule has 224 valence electrons. The minimum Gasteiger partial charge on any atom is -0.204 e. The molecule has 0 N–H and O–H groups in total. The molecule has 40 heavy (non-hydrogen) atoms. The molecule has 0 aromatic heterocycles. The molecule has 0 fully saturated rings. The van der Waals surface area contributed by atoms with Crippen LogP contribution in [0.1, 0.15) is 55.4 Å². The van der Waals surface area contributed by atoms with Crippen molar-refractivity contribution in [1.29, 1.82) is 0 Å². The van der Waals surface area contributed by atoms with Crippen molar-refractivity contribution in [3.05, 3.63) is 46.5 Å². The molecule has 0 nitrogen and oxygen atoms in total. The van der Waals surface area contributed by atoms with Gasteiger partial charge in [0.15, 0.2) is 46.5 Å². The first kappa shape index (κ1) is 33.3. The molecule has 12 heteroatoms. The van der Waals surface area contributed by atoms with E-state index in [0.29, 0.717) is 0 Å². The molecule has 2 aromatic carbocycles. The van der Waals surface area contributed by atoms with E-state index in [2.05, 4.69) is 0 Å². The molecule has 0 saturated heterocycles. The van der Waals surface area contributed by atoms with Gasteiger partial charge in [-0.3, -0.25) is 0 Å². The van der Waals surface area contributed by atoms with Gasteiger partial charge in [-0.1, -0.05) is 104 Å². The van der Waals surface area contributed by atoms with Crippen molar-refractivity contribution in [2.75, 3.05) is 0 Å². The van der Waals surface area contributed by atoms with Gasteiger partial charge in [0.2, 0.25) is 0 Å². The first-order valence-electron chi connectivity index (χ1n) is 14.5. The fourth-order valence-electron chi connectivity index (χ4n) is 9.02. The predicted octanol–water partition coefficient (Wildman–Crippen LogP) is 7.45. The van der Waals surface area contributed by atoms with Crippen LogP contribution in [-0.4, -0.2) is 30.4 Å². The van der Waals surface area contributed by atoms with E-state index in [9.17, 15) is 0 Å². The highest BCUT2D eigenvalue weighted by Crippen LogP contribution is 2.41. The van der Waals surface area contributed by atoms with Gasteiger partial charge < -0.3 is 0 Å². The summed E-state index contributed by atoms with van der Waals surface area (Å²) in [4.78, 5) is 0. The first-order chi connectivity index (χ1) is 18.8. The van der Waals surface area contributed by atoms with Crippen molar-refractivity contribution in [1.82, 2.24) is 0 Å². The third kappa shape index (κ3) is 3.69. The molecule has 0 aliphatic carbocycles. The van der Waals surface area contributed by atoms with Gasteiger partial charge in [-0.2, -0.15) is 0 Å². The molecular weight excluding hydrogens is 601 g/mol. The number of hydrogen-bond donors (Lipinski definition) is 0. The predicted molar refractivity (Wildman–Crippen MR) is 158 cm³/mol. The molecule has 0 radical (unpaired) electrons. The molecule has 4 aliphatic heterocycles. The maximum atomic E-state index is 16.6. The molecule has 0 amide bonds. The Hall–Kier alpha value is -1.25. The Morgan fingerprint density at radius 3 is 0.450 bits per heavy atom. The van der Waals surface area contributed by atoms with Gasteiger partial charge in [0, 0.05) is 20.7 Å². The second-order valence-electron chi connectivity index (χ2n) is 11.2. The van der Waals surface area contributed by atoms with Crippen molar-refractivity contribution < 1.29 is 35.1 Å². The summed E-state index contributed by atoms with van der Waals surface area (Å²) in [6.07, 6.45) is 0. The lowest BCUT2D eigenvalue weighted by atomic mass is 10.3. The second kappa shape index (κ2) is 11.4. The van der Waals surface area contributed by atoms with Gasteiger partial charge >= 0.3 is 0 Å². The summed E-state index contributed by atoms with van der Waals surface area (Å²) in [6.45, 7) is 12.8. The van der Waals surface area contributed by atoms with Crippen molar-refractivity contribution in [3.8, 4) is 0 Å². The van der Waals surface area contributed by atoms with Crippen LogP contribution in [0.25, 0.3) is 0 Å². The lowest BCUT2D eigenvalue weighted by Gasteiger charge is -2.51. The quantitative estimate of drug-likeness (QED) is 0.160.